The van der Waals surface area contributed by atoms with Gasteiger partial charge in [0.15, 0.2) is 5.88 Å². The molecule has 1 aromatic heterocycles. The van der Waals surface area contributed by atoms with Crippen molar-refractivity contribution in [2.45, 2.75) is 0 Å². The van der Waals surface area contributed by atoms with E-state index in [0.29, 0.717) is 16.3 Å². The lowest BCUT2D eigenvalue weighted by Crippen LogP contribution is -1.93. The van der Waals surface area contributed by atoms with Gasteiger partial charge in [0, 0.05) is 6.07 Å². The van der Waals surface area contributed by atoms with Crippen molar-refractivity contribution >= 4 is 29.1 Å². The lowest BCUT2D eigenvalue weighted by molar-refractivity contribution is 0.0663. The zero-order valence-electron chi connectivity index (χ0n) is 8.98. The zero-order valence-corrected chi connectivity index (χ0v) is 9.73. The predicted octanol–water partition coefficient (Wildman–Crippen LogP) is 3.25. The minimum atomic E-state index is -1.14. The van der Waals surface area contributed by atoms with Crippen LogP contribution >= 0.6 is 11.6 Å². The summed E-state index contributed by atoms with van der Waals surface area (Å²) in [6.45, 7) is 0. The van der Waals surface area contributed by atoms with Gasteiger partial charge in [-0.1, -0.05) is 11.6 Å². The van der Waals surface area contributed by atoms with Gasteiger partial charge in [-0.3, -0.25) is 0 Å². The van der Waals surface area contributed by atoms with Gasteiger partial charge in [0.05, 0.1) is 22.3 Å². The van der Waals surface area contributed by atoms with E-state index < -0.39 is 5.97 Å². The maximum absolute atomic E-state index is 10.6. The fourth-order valence-corrected chi connectivity index (χ4v) is 1.57. The summed E-state index contributed by atoms with van der Waals surface area (Å²) in [7, 11) is 0. The first-order valence-corrected chi connectivity index (χ1v) is 5.28. The molecule has 0 atom stereocenters. The van der Waals surface area contributed by atoms with Crippen LogP contribution in [0.4, 0.5) is 11.6 Å². The molecule has 0 saturated carbocycles. The largest absolute Gasteiger partial charge is 0.475 e. The highest BCUT2D eigenvalue weighted by molar-refractivity contribution is 6.33. The Labute approximate surface area is 107 Å². The van der Waals surface area contributed by atoms with Gasteiger partial charge >= 0.3 is 5.97 Å². The molecule has 0 spiro atoms. The average Bonchev–Trinajstić information content (AvgIpc) is 2.80. The SMILES string of the molecule is N#Cc1ccc(Nc2ccc(C(=O)O)o2)c(Cl)c1. The van der Waals surface area contributed by atoms with E-state index in [1.165, 1.54) is 18.2 Å². The summed E-state index contributed by atoms with van der Waals surface area (Å²) in [5, 5.41) is 20.6. The number of rotatable bonds is 3. The molecule has 0 radical (unpaired) electrons. The molecule has 0 saturated heterocycles. The first-order valence-electron chi connectivity index (χ1n) is 4.90. The molecule has 2 rings (SSSR count). The fraction of sp³-hybridized carbons (Fsp3) is 0. The fourth-order valence-electron chi connectivity index (χ4n) is 1.34. The highest BCUT2D eigenvalue weighted by atomic mass is 35.5. The number of carbonyl (C=O) groups is 1. The number of nitrogens with zero attached hydrogens (tertiary/aromatic N) is 1. The molecule has 0 aliphatic carbocycles. The predicted molar refractivity (Wildman–Crippen MR) is 65.1 cm³/mol. The van der Waals surface area contributed by atoms with E-state index in [4.69, 9.17) is 26.4 Å². The Balaban J connectivity index is 2.23. The second-order valence-electron chi connectivity index (χ2n) is 3.40. The van der Waals surface area contributed by atoms with E-state index in [9.17, 15) is 4.79 Å². The van der Waals surface area contributed by atoms with Crippen molar-refractivity contribution in [2.24, 2.45) is 0 Å². The number of benzene rings is 1. The number of carboxylic acid groups (broad SMARTS) is 1. The van der Waals surface area contributed by atoms with Crippen LogP contribution in [0.5, 0.6) is 0 Å². The van der Waals surface area contributed by atoms with Gasteiger partial charge in [0.25, 0.3) is 0 Å². The van der Waals surface area contributed by atoms with Crippen molar-refractivity contribution in [3.63, 3.8) is 0 Å². The third kappa shape index (κ3) is 2.44. The summed E-state index contributed by atoms with van der Waals surface area (Å²) >= 11 is 5.96. The molecule has 1 aromatic carbocycles. The third-order valence-corrected chi connectivity index (χ3v) is 2.49. The zero-order chi connectivity index (χ0) is 13.1. The van der Waals surface area contributed by atoms with Crippen LogP contribution < -0.4 is 5.32 Å². The monoisotopic (exact) mass is 262 g/mol. The highest BCUT2D eigenvalue weighted by Gasteiger charge is 2.10. The van der Waals surface area contributed by atoms with Crippen LogP contribution in [0.2, 0.25) is 5.02 Å². The number of hydrogen-bond acceptors (Lipinski definition) is 4. The summed E-state index contributed by atoms with van der Waals surface area (Å²) < 4.78 is 5.03. The van der Waals surface area contributed by atoms with Gasteiger partial charge < -0.3 is 14.8 Å². The van der Waals surface area contributed by atoms with Crippen molar-refractivity contribution in [3.05, 3.63) is 46.7 Å². The summed E-state index contributed by atoms with van der Waals surface area (Å²) in [6, 6.07) is 9.50. The Kier molecular flexibility index (Phi) is 3.22. The van der Waals surface area contributed by atoms with E-state index in [1.54, 1.807) is 12.1 Å². The van der Waals surface area contributed by atoms with Crippen LogP contribution in [0.1, 0.15) is 16.1 Å². The van der Waals surface area contributed by atoms with E-state index in [1.807, 2.05) is 6.07 Å². The molecular formula is C12H7ClN2O3. The minimum absolute atomic E-state index is 0.165. The molecule has 1 heterocycles. The molecule has 0 fully saturated rings. The van der Waals surface area contributed by atoms with Gasteiger partial charge in [-0.05, 0) is 24.3 Å². The van der Waals surface area contributed by atoms with Crippen LogP contribution in [0.3, 0.4) is 0 Å². The quantitative estimate of drug-likeness (QED) is 0.887. The van der Waals surface area contributed by atoms with Gasteiger partial charge in [-0.2, -0.15) is 5.26 Å². The second kappa shape index (κ2) is 4.82. The number of aromatic carboxylic acids is 1. The van der Waals surface area contributed by atoms with Crippen LogP contribution in [0.25, 0.3) is 0 Å². The van der Waals surface area contributed by atoms with Crippen molar-refractivity contribution in [2.75, 3.05) is 5.32 Å². The van der Waals surface area contributed by atoms with E-state index in [0.717, 1.165) is 0 Å². The first kappa shape index (κ1) is 12.0. The maximum atomic E-state index is 10.6. The first-order chi connectivity index (χ1) is 8.60. The van der Waals surface area contributed by atoms with E-state index >= 15 is 0 Å². The average molecular weight is 263 g/mol. The molecule has 2 N–H and O–H groups in total. The number of halogens is 1. The number of nitrogens with one attached hydrogen (secondary N) is 1. The third-order valence-electron chi connectivity index (χ3n) is 2.17. The van der Waals surface area contributed by atoms with Crippen LogP contribution in [0, 0.1) is 11.3 Å². The summed E-state index contributed by atoms with van der Waals surface area (Å²) in [5.74, 6) is -1.05. The smallest absolute Gasteiger partial charge is 0.371 e. The molecule has 2 aromatic rings. The molecule has 0 bridgehead atoms. The molecule has 0 amide bonds. The Morgan fingerprint density at radius 1 is 1.39 bits per heavy atom. The van der Waals surface area contributed by atoms with Gasteiger partial charge in [-0.15, -0.1) is 0 Å². The van der Waals surface area contributed by atoms with E-state index in [2.05, 4.69) is 5.32 Å². The van der Waals surface area contributed by atoms with E-state index in [-0.39, 0.29) is 11.6 Å². The Morgan fingerprint density at radius 2 is 2.17 bits per heavy atom. The van der Waals surface area contributed by atoms with Crippen molar-refractivity contribution in [3.8, 4) is 6.07 Å². The van der Waals surface area contributed by atoms with Crippen LogP contribution in [-0.4, -0.2) is 11.1 Å². The van der Waals surface area contributed by atoms with Crippen LogP contribution in [-0.2, 0) is 0 Å². The molecule has 90 valence electrons. The number of carboxylic acids is 1. The Morgan fingerprint density at radius 3 is 2.72 bits per heavy atom. The van der Waals surface area contributed by atoms with Crippen molar-refractivity contribution in [1.29, 1.82) is 5.26 Å². The number of nitriles is 1. The topological polar surface area (TPSA) is 86.3 Å². The molecule has 0 unspecified atom stereocenters. The molecule has 0 aliphatic rings. The van der Waals surface area contributed by atoms with Crippen LogP contribution in [0.15, 0.2) is 34.7 Å². The number of furan rings is 1. The Hall–Kier alpha value is -2.45. The number of hydrogen-bond donors (Lipinski definition) is 2. The normalized spacial score (nSPS) is 9.78. The molecule has 6 heteroatoms. The van der Waals surface area contributed by atoms with Gasteiger partial charge in [-0.25, -0.2) is 4.79 Å². The molecule has 18 heavy (non-hydrogen) atoms. The number of anilines is 2. The lowest BCUT2D eigenvalue weighted by Gasteiger charge is -2.05. The summed E-state index contributed by atoms with van der Waals surface area (Å²) in [6.07, 6.45) is 0. The van der Waals surface area contributed by atoms with Crippen molar-refractivity contribution in [1.82, 2.24) is 0 Å². The Bertz CT molecular complexity index is 643. The standard InChI is InChI=1S/C12H7ClN2O3/c13-8-5-7(6-14)1-2-9(8)15-11-4-3-10(18-11)12(16)17/h1-5,15H,(H,16,17). The summed E-state index contributed by atoms with van der Waals surface area (Å²) in [4.78, 5) is 10.6. The van der Waals surface area contributed by atoms with Gasteiger partial charge in [0.2, 0.25) is 5.76 Å². The second-order valence-corrected chi connectivity index (χ2v) is 3.81. The van der Waals surface area contributed by atoms with Gasteiger partial charge in [0.1, 0.15) is 0 Å². The maximum Gasteiger partial charge on any atom is 0.371 e. The summed E-state index contributed by atoms with van der Waals surface area (Å²) in [5.41, 5.74) is 0.971. The highest BCUT2D eigenvalue weighted by Crippen LogP contribution is 2.27. The minimum Gasteiger partial charge on any atom is -0.475 e. The lowest BCUT2D eigenvalue weighted by atomic mass is 10.2. The van der Waals surface area contributed by atoms with Crippen molar-refractivity contribution < 1.29 is 14.3 Å². The molecular weight excluding hydrogens is 256 g/mol. The molecule has 5 nitrogen and oxygen atoms in total. The molecule has 0 aliphatic heterocycles.